The quantitative estimate of drug-likeness (QED) is 0.652. The van der Waals surface area contributed by atoms with E-state index in [0.717, 1.165) is 11.1 Å². The highest BCUT2D eigenvalue weighted by atomic mass is 16.3. The molecular weight excluding hydrogens is 312 g/mol. The van der Waals surface area contributed by atoms with Gasteiger partial charge in [-0.1, -0.05) is 48.9 Å². The molecule has 2 aliphatic rings. The van der Waals surface area contributed by atoms with Gasteiger partial charge in [0.05, 0.1) is 6.57 Å². The van der Waals surface area contributed by atoms with Gasteiger partial charge in [-0.15, -0.1) is 0 Å². The van der Waals surface area contributed by atoms with Crippen LogP contribution in [0.1, 0.15) is 32.8 Å². The molecule has 0 aromatic heterocycles. The maximum absolute atomic E-state index is 11.9. The molecule has 1 aromatic rings. The minimum atomic E-state index is -0.614. The van der Waals surface area contributed by atoms with Gasteiger partial charge in [-0.25, -0.2) is 4.85 Å². The standard InChI is InChI=1S/C21H24N2O2/c1-15(24)23-11-10-18-20(2,14-23)13-17(22-4)19(25)21(18,3)12-16-8-6-5-7-9-16/h5-10,25H,11-14H2,1-3H3/t20-,21-/m0/s1. The number of aliphatic hydroxyl groups is 1. The Hall–Kier alpha value is -2.54. The van der Waals surface area contributed by atoms with Crippen molar-refractivity contribution in [2.75, 3.05) is 13.1 Å². The van der Waals surface area contributed by atoms with E-state index in [1.54, 1.807) is 6.92 Å². The summed E-state index contributed by atoms with van der Waals surface area (Å²) in [5.41, 5.74) is 1.76. The summed E-state index contributed by atoms with van der Waals surface area (Å²) >= 11 is 0. The number of amides is 1. The molecule has 0 fully saturated rings. The zero-order valence-electron chi connectivity index (χ0n) is 15.0. The van der Waals surface area contributed by atoms with E-state index in [-0.39, 0.29) is 17.1 Å². The van der Waals surface area contributed by atoms with Crippen LogP contribution in [0, 0.1) is 17.4 Å². The van der Waals surface area contributed by atoms with Crippen LogP contribution in [0.15, 0.2) is 53.4 Å². The molecule has 0 unspecified atom stereocenters. The molecular formula is C21H24N2O2. The Morgan fingerprint density at radius 2 is 2.00 bits per heavy atom. The smallest absolute Gasteiger partial charge is 0.219 e. The van der Waals surface area contributed by atoms with Crippen molar-refractivity contribution < 1.29 is 9.90 Å². The fourth-order valence-corrected chi connectivity index (χ4v) is 4.48. The van der Waals surface area contributed by atoms with Crippen molar-refractivity contribution in [2.45, 2.75) is 33.6 Å². The highest BCUT2D eigenvalue weighted by molar-refractivity contribution is 5.74. The molecule has 0 spiro atoms. The highest BCUT2D eigenvalue weighted by Gasteiger charge is 2.51. The molecule has 130 valence electrons. The van der Waals surface area contributed by atoms with E-state index >= 15 is 0 Å². The molecule has 1 amide bonds. The molecule has 0 saturated heterocycles. The minimum Gasteiger partial charge on any atom is -0.523 e. The van der Waals surface area contributed by atoms with E-state index in [0.29, 0.717) is 31.6 Å². The van der Waals surface area contributed by atoms with Crippen molar-refractivity contribution in [1.29, 1.82) is 0 Å². The summed E-state index contributed by atoms with van der Waals surface area (Å²) in [6, 6.07) is 10.1. The predicted molar refractivity (Wildman–Crippen MR) is 97.6 cm³/mol. The Morgan fingerprint density at radius 1 is 1.32 bits per heavy atom. The summed E-state index contributed by atoms with van der Waals surface area (Å²) in [4.78, 5) is 17.3. The molecule has 0 bridgehead atoms. The average molecular weight is 336 g/mol. The number of carbonyl (C=O) groups excluding carboxylic acids is 1. The maximum atomic E-state index is 11.9. The third kappa shape index (κ3) is 2.84. The second-order valence-corrected chi connectivity index (χ2v) is 7.66. The molecule has 3 rings (SSSR count). The van der Waals surface area contributed by atoms with Crippen LogP contribution in [0.2, 0.25) is 0 Å². The Kier molecular flexibility index (Phi) is 4.20. The van der Waals surface area contributed by atoms with Crippen molar-refractivity contribution in [3.05, 3.63) is 70.4 Å². The van der Waals surface area contributed by atoms with Crippen LogP contribution in [-0.2, 0) is 11.2 Å². The van der Waals surface area contributed by atoms with Crippen LogP contribution in [0.25, 0.3) is 4.85 Å². The summed E-state index contributed by atoms with van der Waals surface area (Å²) < 4.78 is 0. The summed E-state index contributed by atoms with van der Waals surface area (Å²) in [7, 11) is 0. The number of allylic oxidation sites excluding steroid dienone is 2. The number of benzene rings is 1. The van der Waals surface area contributed by atoms with Crippen LogP contribution in [0.5, 0.6) is 0 Å². The van der Waals surface area contributed by atoms with Gasteiger partial charge in [0.2, 0.25) is 11.6 Å². The number of nitrogens with zero attached hydrogens (tertiary/aromatic N) is 2. The topological polar surface area (TPSA) is 44.9 Å². The van der Waals surface area contributed by atoms with Gasteiger partial charge in [0, 0.05) is 30.8 Å². The molecule has 1 aromatic carbocycles. The van der Waals surface area contributed by atoms with Crippen LogP contribution in [0.3, 0.4) is 0 Å². The molecule has 1 aliphatic carbocycles. The molecule has 1 aliphatic heterocycles. The lowest BCUT2D eigenvalue weighted by atomic mass is 9.58. The first-order chi connectivity index (χ1) is 11.8. The lowest BCUT2D eigenvalue weighted by molar-refractivity contribution is -0.130. The fourth-order valence-electron chi connectivity index (χ4n) is 4.48. The van der Waals surface area contributed by atoms with Crippen molar-refractivity contribution >= 4 is 5.91 Å². The average Bonchev–Trinajstić information content (AvgIpc) is 2.58. The van der Waals surface area contributed by atoms with E-state index < -0.39 is 5.41 Å². The largest absolute Gasteiger partial charge is 0.523 e. The molecule has 4 heteroatoms. The van der Waals surface area contributed by atoms with Gasteiger partial charge in [0.15, 0.2) is 0 Å². The Bertz CT molecular complexity index is 803. The normalized spacial score (nSPS) is 28.9. The molecule has 0 radical (unpaired) electrons. The molecule has 4 nitrogen and oxygen atoms in total. The number of fused-ring (bicyclic) bond motifs is 1. The molecule has 25 heavy (non-hydrogen) atoms. The van der Waals surface area contributed by atoms with Gasteiger partial charge in [0.1, 0.15) is 5.76 Å². The van der Waals surface area contributed by atoms with Gasteiger partial charge in [0.25, 0.3) is 0 Å². The highest BCUT2D eigenvalue weighted by Crippen LogP contribution is 2.55. The first kappa shape index (κ1) is 17.3. The van der Waals surface area contributed by atoms with Gasteiger partial charge in [-0.05, 0) is 25.3 Å². The first-order valence-corrected chi connectivity index (χ1v) is 8.61. The van der Waals surface area contributed by atoms with E-state index in [9.17, 15) is 9.90 Å². The second kappa shape index (κ2) is 6.07. The first-order valence-electron chi connectivity index (χ1n) is 8.61. The van der Waals surface area contributed by atoms with Gasteiger partial charge < -0.3 is 10.0 Å². The minimum absolute atomic E-state index is 0.0458. The molecule has 2 atom stereocenters. The zero-order valence-corrected chi connectivity index (χ0v) is 15.0. The van der Waals surface area contributed by atoms with Crippen LogP contribution in [0.4, 0.5) is 0 Å². The van der Waals surface area contributed by atoms with E-state index in [1.165, 1.54) is 0 Å². The Labute approximate surface area is 149 Å². The lowest BCUT2D eigenvalue weighted by Gasteiger charge is -2.51. The van der Waals surface area contributed by atoms with Crippen molar-refractivity contribution in [3.8, 4) is 0 Å². The number of aliphatic hydroxyl groups excluding tert-OH is 1. The van der Waals surface area contributed by atoms with Gasteiger partial charge in [-0.2, -0.15) is 0 Å². The summed E-state index contributed by atoms with van der Waals surface area (Å²) in [5.74, 6) is 0.232. The van der Waals surface area contributed by atoms with E-state index in [2.05, 4.69) is 17.8 Å². The fraction of sp³-hybridized carbons (Fsp3) is 0.429. The molecule has 1 N–H and O–H groups in total. The monoisotopic (exact) mass is 336 g/mol. The third-order valence-corrected chi connectivity index (χ3v) is 5.63. The summed E-state index contributed by atoms with van der Waals surface area (Å²) in [6.45, 7) is 14.4. The zero-order chi connectivity index (χ0) is 18.2. The summed E-state index contributed by atoms with van der Waals surface area (Å²) in [6.07, 6.45) is 3.20. The lowest BCUT2D eigenvalue weighted by Crippen LogP contribution is -2.50. The Balaban J connectivity index is 2.11. The van der Waals surface area contributed by atoms with Gasteiger partial charge in [-0.3, -0.25) is 4.79 Å². The molecule has 0 saturated carbocycles. The SMILES string of the molecule is [C-]#[N+]C1=C(O)[C@@](C)(Cc2ccccc2)C2=CCN(C(C)=O)C[C@]2(C)C1. The third-order valence-electron chi connectivity index (χ3n) is 5.63. The van der Waals surface area contributed by atoms with Crippen LogP contribution >= 0.6 is 0 Å². The molecule has 1 heterocycles. The van der Waals surface area contributed by atoms with Crippen molar-refractivity contribution in [3.63, 3.8) is 0 Å². The second-order valence-electron chi connectivity index (χ2n) is 7.66. The number of hydrogen-bond donors (Lipinski definition) is 1. The van der Waals surface area contributed by atoms with E-state index in [1.807, 2.05) is 42.2 Å². The van der Waals surface area contributed by atoms with Crippen LogP contribution in [-0.4, -0.2) is 29.0 Å². The maximum Gasteiger partial charge on any atom is 0.219 e. The van der Waals surface area contributed by atoms with Gasteiger partial charge >= 0.3 is 0 Å². The number of rotatable bonds is 2. The Morgan fingerprint density at radius 3 is 2.60 bits per heavy atom. The van der Waals surface area contributed by atoms with E-state index in [4.69, 9.17) is 6.57 Å². The predicted octanol–water partition coefficient (Wildman–Crippen LogP) is 4.12. The number of carbonyl (C=O) groups is 1. The van der Waals surface area contributed by atoms with Crippen molar-refractivity contribution in [2.24, 2.45) is 10.8 Å². The van der Waals surface area contributed by atoms with Crippen molar-refractivity contribution in [1.82, 2.24) is 4.90 Å². The number of hydrogen-bond acceptors (Lipinski definition) is 2. The van der Waals surface area contributed by atoms with Crippen LogP contribution < -0.4 is 0 Å². The summed E-state index contributed by atoms with van der Waals surface area (Å²) in [5, 5.41) is 10.9.